The van der Waals surface area contributed by atoms with E-state index in [2.05, 4.69) is 5.32 Å². The van der Waals surface area contributed by atoms with Crippen molar-refractivity contribution in [1.82, 2.24) is 9.62 Å². The van der Waals surface area contributed by atoms with Crippen LogP contribution in [0.3, 0.4) is 0 Å². The minimum atomic E-state index is -3.63. The molecule has 1 amide bonds. The molecule has 1 aliphatic carbocycles. The average Bonchev–Trinajstić information content (AvgIpc) is 2.60. The van der Waals surface area contributed by atoms with Gasteiger partial charge in [-0.3, -0.25) is 4.79 Å². The first-order valence-electron chi connectivity index (χ1n) is 8.29. The van der Waals surface area contributed by atoms with E-state index in [1.165, 1.54) is 49.0 Å². The van der Waals surface area contributed by atoms with Gasteiger partial charge >= 0.3 is 0 Å². The first-order chi connectivity index (χ1) is 11.0. The van der Waals surface area contributed by atoms with Gasteiger partial charge in [0.25, 0.3) is 0 Å². The Bertz CT molecular complexity index is 620. The third-order valence-electron chi connectivity index (χ3n) is 4.55. The number of nitrogens with zero attached hydrogens (tertiary/aromatic N) is 1. The first-order valence-corrected chi connectivity index (χ1v) is 9.73. The Morgan fingerprint density at radius 1 is 1.17 bits per heavy atom. The molecule has 2 rings (SSSR count). The summed E-state index contributed by atoms with van der Waals surface area (Å²) in [5.41, 5.74) is 1.22. The third kappa shape index (κ3) is 4.32. The van der Waals surface area contributed by atoms with Crippen molar-refractivity contribution in [3.8, 4) is 0 Å². The van der Waals surface area contributed by atoms with Gasteiger partial charge in [0, 0.05) is 13.6 Å². The lowest BCUT2D eigenvalue weighted by Gasteiger charge is -2.23. The van der Waals surface area contributed by atoms with Gasteiger partial charge in [-0.25, -0.2) is 8.42 Å². The summed E-state index contributed by atoms with van der Waals surface area (Å²) < 4.78 is 26.5. The Morgan fingerprint density at radius 2 is 1.78 bits per heavy atom. The van der Waals surface area contributed by atoms with Crippen molar-refractivity contribution >= 4 is 15.9 Å². The molecule has 1 aromatic rings. The second kappa shape index (κ2) is 7.93. The Labute approximate surface area is 139 Å². The predicted octanol–water partition coefficient (Wildman–Crippen LogP) is 2.49. The average molecular weight is 338 g/mol. The molecule has 0 bridgehead atoms. The van der Waals surface area contributed by atoms with Crippen molar-refractivity contribution in [2.45, 2.75) is 49.8 Å². The van der Waals surface area contributed by atoms with Gasteiger partial charge in [0.05, 0.1) is 11.4 Å². The van der Waals surface area contributed by atoms with Gasteiger partial charge in [-0.2, -0.15) is 4.31 Å². The summed E-state index contributed by atoms with van der Waals surface area (Å²) >= 11 is 0. The molecule has 0 aromatic heterocycles. The molecular formula is C17H26N2O3S. The molecule has 1 fully saturated rings. The zero-order valence-electron chi connectivity index (χ0n) is 13.9. The molecule has 0 spiro atoms. The summed E-state index contributed by atoms with van der Waals surface area (Å²) in [5, 5.41) is 2.46. The molecule has 5 nitrogen and oxygen atoms in total. The molecular weight excluding hydrogens is 312 g/mol. The van der Waals surface area contributed by atoms with Crippen molar-refractivity contribution in [1.29, 1.82) is 0 Å². The maximum atomic E-state index is 12.6. The highest BCUT2D eigenvalue weighted by Crippen LogP contribution is 2.33. The van der Waals surface area contributed by atoms with Gasteiger partial charge in [0.2, 0.25) is 15.9 Å². The zero-order chi connectivity index (χ0) is 16.9. The van der Waals surface area contributed by atoms with E-state index in [9.17, 15) is 13.2 Å². The van der Waals surface area contributed by atoms with Crippen LogP contribution < -0.4 is 5.32 Å². The fourth-order valence-electron chi connectivity index (χ4n) is 3.10. The summed E-state index contributed by atoms with van der Waals surface area (Å²) in [6.45, 7) is 1.84. The summed E-state index contributed by atoms with van der Waals surface area (Å²) in [5.74, 6) is 0.239. The SMILES string of the molecule is CCN(CC(=O)NC)S(=O)(=O)c1ccc(C2CCCCC2)cc1. The van der Waals surface area contributed by atoms with E-state index >= 15 is 0 Å². The highest BCUT2D eigenvalue weighted by molar-refractivity contribution is 7.89. The number of rotatable bonds is 6. The van der Waals surface area contributed by atoms with Crippen LogP contribution in [0.1, 0.15) is 50.5 Å². The fraction of sp³-hybridized carbons (Fsp3) is 0.588. The normalized spacial score (nSPS) is 16.5. The van der Waals surface area contributed by atoms with E-state index in [-0.39, 0.29) is 23.9 Å². The summed E-state index contributed by atoms with van der Waals surface area (Å²) in [6, 6.07) is 7.20. The van der Waals surface area contributed by atoms with Crippen molar-refractivity contribution in [3.63, 3.8) is 0 Å². The van der Waals surface area contributed by atoms with Crippen LogP contribution in [0.2, 0.25) is 0 Å². The summed E-state index contributed by atoms with van der Waals surface area (Å²) in [7, 11) is -2.13. The molecule has 1 saturated carbocycles. The lowest BCUT2D eigenvalue weighted by Crippen LogP contribution is -2.39. The molecule has 1 aliphatic rings. The van der Waals surface area contributed by atoms with Crippen LogP contribution in [0, 0.1) is 0 Å². The van der Waals surface area contributed by atoms with Gasteiger partial charge in [0.1, 0.15) is 0 Å². The second-order valence-electron chi connectivity index (χ2n) is 6.01. The Balaban J connectivity index is 2.17. The lowest BCUT2D eigenvalue weighted by atomic mass is 9.84. The van der Waals surface area contributed by atoms with Crippen LogP contribution in [0.5, 0.6) is 0 Å². The Hall–Kier alpha value is -1.40. The predicted molar refractivity (Wildman–Crippen MR) is 90.8 cm³/mol. The van der Waals surface area contributed by atoms with Crippen LogP contribution >= 0.6 is 0 Å². The number of carbonyl (C=O) groups is 1. The van der Waals surface area contributed by atoms with E-state index in [4.69, 9.17) is 0 Å². The van der Waals surface area contributed by atoms with Gasteiger partial charge in [0.15, 0.2) is 0 Å². The van der Waals surface area contributed by atoms with Crippen molar-refractivity contribution < 1.29 is 13.2 Å². The molecule has 0 radical (unpaired) electrons. The number of nitrogens with one attached hydrogen (secondary N) is 1. The monoisotopic (exact) mass is 338 g/mol. The van der Waals surface area contributed by atoms with Crippen LogP contribution in [0.25, 0.3) is 0 Å². The minimum absolute atomic E-state index is 0.153. The number of amides is 1. The standard InChI is InChI=1S/C17H26N2O3S/c1-3-19(13-17(20)18-2)23(21,22)16-11-9-15(10-12-16)14-7-5-4-6-8-14/h9-12,14H,3-8,13H2,1-2H3,(H,18,20). The van der Waals surface area contributed by atoms with E-state index < -0.39 is 10.0 Å². The summed E-state index contributed by atoms with van der Waals surface area (Å²) in [6.07, 6.45) is 6.17. The molecule has 6 heteroatoms. The number of hydrogen-bond acceptors (Lipinski definition) is 3. The lowest BCUT2D eigenvalue weighted by molar-refractivity contribution is -0.120. The van der Waals surface area contributed by atoms with Crippen LogP contribution in [0.4, 0.5) is 0 Å². The molecule has 0 aliphatic heterocycles. The molecule has 128 valence electrons. The maximum absolute atomic E-state index is 12.6. The number of hydrogen-bond donors (Lipinski definition) is 1. The second-order valence-corrected chi connectivity index (χ2v) is 7.95. The van der Waals surface area contributed by atoms with E-state index in [0.29, 0.717) is 5.92 Å². The van der Waals surface area contributed by atoms with Crippen molar-refractivity contribution in [2.24, 2.45) is 0 Å². The quantitative estimate of drug-likeness (QED) is 0.866. The molecule has 0 heterocycles. The zero-order valence-corrected chi connectivity index (χ0v) is 14.7. The fourth-order valence-corrected chi connectivity index (χ4v) is 4.51. The molecule has 0 unspecified atom stereocenters. The third-order valence-corrected chi connectivity index (χ3v) is 6.48. The molecule has 0 saturated heterocycles. The first kappa shape index (κ1) is 17.9. The van der Waals surface area contributed by atoms with Crippen LogP contribution in [0.15, 0.2) is 29.2 Å². The molecule has 23 heavy (non-hydrogen) atoms. The maximum Gasteiger partial charge on any atom is 0.243 e. The minimum Gasteiger partial charge on any atom is -0.358 e. The highest BCUT2D eigenvalue weighted by Gasteiger charge is 2.25. The molecule has 1 N–H and O–H groups in total. The van der Waals surface area contributed by atoms with Gasteiger partial charge in [-0.05, 0) is 36.5 Å². The topological polar surface area (TPSA) is 66.5 Å². The van der Waals surface area contributed by atoms with E-state index in [0.717, 1.165) is 0 Å². The van der Waals surface area contributed by atoms with Crippen LogP contribution in [-0.2, 0) is 14.8 Å². The number of sulfonamides is 1. The molecule has 0 atom stereocenters. The van der Waals surface area contributed by atoms with Crippen molar-refractivity contribution in [3.05, 3.63) is 29.8 Å². The van der Waals surface area contributed by atoms with Gasteiger partial charge in [-0.1, -0.05) is 38.3 Å². The van der Waals surface area contributed by atoms with E-state index in [1.807, 2.05) is 12.1 Å². The van der Waals surface area contributed by atoms with Gasteiger partial charge < -0.3 is 5.32 Å². The molecule has 1 aromatic carbocycles. The Morgan fingerprint density at radius 3 is 2.30 bits per heavy atom. The largest absolute Gasteiger partial charge is 0.358 e. The van der Waals surface area contributed by atoms with Gasteiger partial charge in [-0.15, -0.1) is 0 Å². The van der Waals surface area contributed by atoms with Crippen molar-refractivity contribution in [2.75, 3.05) is 20.1 Å². The number of likely N-dealkylation sites (N-methyl/N-ethyl adjacent to an activating group) is 2. The Kier molecular flexibility index (Phi) is 6.18. The van der Waals surface area contributed by atoms with Crippen LogP contribution in [-0.4, -0.2) is 38.8 Å². The smallest absolute Gasteiger partial charge is 0.243 e. The number of carbonyl (C=O) groups excluding carboxylic acids is 1. The van der Waals surface area contributed by atoms with E-state index in [1.54, 1.807) is 19.1 Å². The highest BCUT2D eigenvalue weighted by atomic mass is 32.2. The number of benzene rings is 1. The summed E-state index contributed by atoms with van der Waals surface area (Å²) in [4.78, 5) is 11.8.